The molecular formula is C41H76N18O12S2. The highest BCUT2D eigenvalue weighted by Gasteiger charge is 2.35. The summed E-state index contributed by atoms with van der Waals surface area (Å²) in [4.78, 5) is 143. The summed E-state index contributed by atoms with van der Waals surface area (Å²) in [5.74, 6) is -12.5. The van der Waals surface area contributed by atoms with Crippen molar-refractivity contribution in [2.24, 2.45) is 66.9 Å². The fourth-order valence-electron chi connectivity index (χ4n) is 6.19. The molecule has 0 rings (SSSR count). The summed E-state index contributed by atoms with van der Waals surface area (Å²) in [7, 11) is 0. The van der Waals surface area contributed by atoms with E-state index < -0.39 is 126 Å². The number of carboxylic acid groups (broad SMARTS) is 2. The van der Waals surface area contributed by atoms with Gasteiger partial charge in [-0.1, -0.05) is 27.7 Å². The molecule has 0 fully saturated rings. The van der Waals surface area contributed by atoms with Gasteiger partial charge in [-0.05, 0) is 57.3 Å². The van der Waals surface area contributed by atoms with Gasteiger partial charge in [0.05, 0.1) is 12.5 Å². The number of nitrogens with zero attached hydrogens (tertiary/aromatic N) is 3. The summed E-state index contributed by atoms with van der Waals surface area (Å²) in [5.41, 5.74) is 38.4. The lowest BCUT2D eigenvalue weighted by molar-refractivity contribution is -0.141. The maximum Gasteiger partial charge on any atom is 0.327 e. The Morgan fingerprint density at radius 1 is 0.438 bits per heavy atom. The molecule has 0 unspecified atom stereocenters. The zero-order valence-electron chi connectivity index (χ0n) is 41.6. The Labute approximate surface area is 433 Å². The second kappa shape index (κ2) is 34.5. The van der Waals surface area contributed by atoms with E-state index in [1.54, 1.807) is 27.7 Å². The number of amides is 8. The standard InChI is InChI=1S/C41H76N18O12S2/c1-18(2)28(42)36(68)59-29(19(3)4)37(69)57-25(16-72)35(67)55-21(9-6-12-49-39(43)44)31(63)52-20(5)30(62)56-24(15-27(60)61)34(66)54-22(10-7-13-50-40(45)46)32(64)53-23(11-8-14-51-41(47)48)33(65)58-26(17-73)38(70)71/h18-26,28-29,72-73H,6-17,42H2,1-5H3,(H,52,63)(H,53,64)(H,54,66)(H,55,67)(H,56,62)(H,57,69)(H,58,65)(H,59,68)(H,60,61)(H,70,71)(H4,43,44,49)(H4,45,46,50)(H4,47,48,51)/t20-,21-,22-,23-,24-,25-,26-,28-,29-/m0/s1. The molecule has 0 aromatic carbocycles. The Morgan fingerprint density at radius 2 is 0.781 bits per heavy atom. The van der Waals surface area contributed by atoms with Crippen LogP contribution >= 0.6 is 25.3 Å². The van der Waals surface area contributed by atoms with E-state index >= 15 is 0 Å². The fourth-order valence-corrected chi connectivity index (χ4v) is 6.70. The number of hydrogen-bond donors (Lipinski definition) is 19. The molecule has 0 saturated carbocycles. The van der Waals surface area contributed by atoms with Crippen LogP contribution in [0.15, 0.2) is 15.0 Å². The predicted octanol–water partition coefficient (Wildman–Crippen LogP) is -6.90. The number of aliphatic carboxylic acids is 2. The van der Waals surface area contributed by atoms with Gasteiger partial charge in [0.25, 0.3) is 0 Å². The smallest absolute Gasteiger partial charge is 0.327 e. The summed E-state index contributed by atoms with van der Waals surface area (Å²) >= 11 is 8.14. The molecule has 0 aliphatic heterocycles. The number of aliphatic imine (C=N–C) groups is 3. The number of carbonyl (C=O) groups excluding carboxylic acids is 8. The van der Waals surface area contributed by atoms with Crippen molar-refractivity contribution in [2.75, 3.05) is 31.1 Å². The average molecular weight is 1080 g/mol. The zero-order valence-corrected chi connectivity index (χ0v) is 43.4. The minimum atomic E-state index is -1.89. The lowest BCUT2D eigenvalue weighted by Gasteiger charge is -2.28. The second-order valence-corrected chi connectivity index (χ2v) is 18.0. The Balaban J connectivity index is 6.56. The molecular weight excluding hydrogens is 1000 g/mol. The first-order chi connectivity index (χ1) is 34.1. The molecule has 0 heterocycles. The lowest BCUT2D eigenvalue weighted by atomic mass is 10.00. The van der Waals surface area contributed by atoms with E-state index in [4.69, 9.17) is 40.1 Å². The van der Waals surface area contributed by atoms with Crippen molar-refractivity contribution >= 4 is 102 Å². The SMILES string of the molecule is CC(C)[C@H](N)C(=O)N[C@H](C(=O)N[C@@H](CS)C(=O)N[C@@H](CCCN=C(N)N)C(=O)N[C@@H](C)C(=O)N[C@@H](CC(=O)O)C(=O)N[C@@H](CCCN=C(N)N)C(=O)N[C@@H](CCCN=C(N)N)C(=O)N[C@@H](CS)C(=O)O)C(C)C. The number of thiol groups is 2. The number of nitrogens with two attached hydrogens (primary N) is 7. The van der Waals surface area contributed by atoms with Crippen molar-refractivity contribution in [1.82, 2.24) is 42.5 Å². The van der Waals surface area contributed by atoms with Crippen molar-refractivity contribution in [3.8, 4) is 0 Å². The molecule has 30 nitrogen and oxygen atoms in total. The highest BCUT2D eigenvalue weighted by Crippen LogP contribution is 2.09. The number of carbonyl (C=O) groups is 10. The molecule has 414 valence electrons. The molecule has 9 atom stereocenters. The van der Waals surface area contributed by atoms with Crippen molar-refractivity contribution < 1.29 is 58.2 Å². The molecule has 0 spiro atoms. The summed E-state index contributed by atoms with van der Waals surface area (Å²) in [6.07, 6.45) is -1.28. The number of nitrogens with one attached hydrogen (secondary N) is 8. The van der Waals surface area contributed by atoms with Gasteiger partial charge in [0.15, 0.2) is 17.9 Å². The minimum absolute atomic E-state index is 0.00680. The number of guanidine groups is 3. The first-order valence-corrected chi connectivity index (χ1v) is 24.3. The van der Waals surface area contributed by atoms with Gasteiger partial charge in [-0.15, -0.1) is 0 Å². The van der Waals surface area contributed by atoms with Gasteiger partial charge >= 0.3 is 11.9 Å². The Kier molecular flexibility index (Phi) is 31.3. The zero-order chi connectivity index (χ0) is 56.1. The van der Waals surface area contributed by atoms with Crippen LogP contribution in [0.25, 0.3) is 0 Å². The van der Waals surface area contributed by atoms with E-state index in [9.17, 15) is 58.2 Å². The quantitative estimate of drug-likeness (QED) is 0.0121. The summed E-state index contributed by atoms with van der Waals surface area (Å²) in [5, 5.41) is 38.6. The highest BCUT2D eigenvalue weighted by atomic mass is 32.1. The number of rotatable bonds is 35. The van der Waals surface area contributed by atoms with E-state index in [0.29, 0.717) is 0 Å². The van der Waals surface area contributed by atoms with Gasteiger partial charge in [-0.2, -0.15) is 25.3 Å². The normalized spacial score (nSPS) is 14.6. The minimum Gasteiger partial charge on any atom is -0.481 e. The topological polar surface area (TPSA) is 527 Å². The first-order valence-electron chi connectivity index (χ1n) is 23.1. The van der Waals surface area contributed by atoms with E-state index in [0.717, 1.165) is 0 Å². The molecule has 8 amide bonds. The van der Waals surface area contributed by atoms with Gasteiger partial charge in [-0.3, -0.25) is 58.1 Å². The molecule has 0 saturated heterocycles. The molecule has 0 aromatic heterocycles. The first kappa shape index (κ1) is 66.2. The van der Waals surface area contributed by atoms with Crippen LogP contribution in [-0.4, -0.2) is 173 Å². The molecule has 0 radical (unpaired) electrons. The molecule has 0 bridgehead atoms. The Morgan fingerprint density at radius 3 is 1.12 bits per heavy atom. The maximum atomic E-state index is 13.8. The van der Waals surface area contributed by atoms with Crippen LogP contribution in [0.4, 0.5) is 0 Å². The molecule has 0 aliphatic rings. The Hall–Kier alpha value is -6.83. The van der Waals surface area contributed by atoms with Crippen LogP contribution in [-0.2, 0) is 47.9 Å². The molecule has 32 heteroatoms. The summed E-state index contributed by atoms with van der Waals surface area (Å²) in [6.45, 7) is 7.93. The summed E-state index contributed by atoms with van der Waals surface area (Å²) in [6, 6.07) is -12.6. The summed E-state index contributed by atoms with van der Waals surface area (Å²) < 4.78 is 0. The third kappa shape index (κ3) is 27.0. The molecule has 24 N–H and O–H groups in total. The Bertz CT molecular complexity index is 1980. The van der Waals surface area contributed by atoms with Gasteiger partial charge in [0.2, 0.25) is 47.3 Å². The van der Waals surface area contributed by atoms with Crippen LogP contribution in [0, 0.1) is 11.8 Å². The largest absolute Gasteiger partial charge is 0.481 e. The van der Waals surface area contributed by atoms with Crippen LogP contribution in [0.2, 0.25) is 0 Å². The molecule has 73 heavy (non-hydrogen) atoms. The van der Waals surface area contributed by atoms with Crippen LogP contribution in [0.5, 0.6) is 0 Å². The van der Waals surface area contributed by atoms with Crippen molar-refractivity contribution in [3.63, 3.8) is 0 Å². The average Bonchev–Trinajstić information content (AvgIpc) is 3.30. The van der Waals surface area contributed by atoms with E-state index in [1.807, 2.05) is 0 Å². The van der Waals surface area contributed by atoms with Crippen LogP contribution < -0.4 is 82.7 Å². The number of carboxylic acids is 2. The third-order valence-electron chi connectivity index (χ3n) is 10.4. The predicted molar refractivity (Wildman–Crippen MR) is 276 cm³/mol. The van der Waals surface area contributed by atoms with Gasteiger partial charge < -0.3 is 92.9 Å². The van der Waals surface area contributed by atoms with Crippen molar-refractivity contribution in [1.29, 1.82) is 0 Å². The molecule has 0 aliphatic carbocycles. The molecule has 0 aromatic rings. The van der Waals surface area contributed by atoms with Crippen molar-refractivity contribution in [2.45, 2.75) is 134 Å². The van der Waals surface area contributed by atoms with E-state index in [2.05, 4.69) is 82.8 Å². The fraction of sp³-hybridized carbons (Fsp3) is 0.683. The van der Waals surface area contributed by atoms with Gasteiger partial charge in [0.1, 0.15) is 48.3 Å². The monoisotopic (exact) mass is 1080 g/mol. The maximum absolute atomic E-state index is 13.8. The van der Waals surface area contributed by atoms with Crippen molar-refractivity contribution in [3.05, 3.63) is 0 Å². The van der Waals surface area contributed by atoms with Crippen LogP contribution in [0.3, 0.4) is 0 Å². The number of hydrogen-bond acceptors (Lipinski definition) is 16. The van der Waals surface area contributed by atoms with E-state index in [1.165, 1.54) is 6.92 Å². The highest BCUT2D eigenvalue weighted by molar-refractivity contribution is 7.80. The van der Waals surface area contributed by atoms with Gasteiger partial charge in [0, 0.05) is 31.1 Å². The van der Waals surface area contributed by atoms with Crippen LogP contribution in [0.1, 0.15) is 79.6 Å². The second-order valence-electron chi connectivity index (χ2n) is 17.2. The van der Waals surface area contributed by atoms with E-state index in [-0.39, 0.29) is 93.5 Å². The van der Waals surface area contributed by atoms with Gasteiger partial charge in [-0.25, -0.2) is 4.79 Å². The lowest BCUT2D eigenvalue weighted by Crippen LogP contribution is -2.61. The third-order valence-corrected chi connectivity index (χ3v) is 11.1.